The van der Waals surface area contributed by atoms with E-state index in [0.717, 1.165) is 69.1 Å². The quantitative estimate of drug-likeness (QED) is 0.715. The molecular formula is C24H33N3O2. The largest absolute Gasteiger partial charge is 0.493 e. The van der Waals surface area contributed by atoms with Crippen molar-refractivity contribution in [2.75, 3.05) is 44.8 Å². The minimum Gasteiger partial charge on any atom is -0.493 e. The number of anilines is 1. The summed E-state index contributed by atoms with van der Waals surface area (Å²) >= 11 is 0. The Morgan fingerprint density at radius 2 is 2.03 bits per heavy atom. The van der Waals surface area contributed by atoms with Gasteiger partial charge in [0, 0.05) is 24.6 Å². The first-order valence-corrected chi connectivity index (χ1v) is 11.4. The molecule has 1 aromatic carbocycles. The Labute approximate surface area is 173 Å². The first kappa shape index (κ1) is 19.1. The van der Waals surface area contributed by atoms with E-state index in [1.165, 1.54) is 54.4 Å². The van der Waals surface area contributed by atoms with Gasteiger partial charge in [-0.15, -0.1) is 0 Å². The molecule has 3 aliphatic rings. The second kappa shape index (κ2) is 8.49. The molecule has 0 unspecified atom stereocenters. The van der Waals surface area contributed by atoms with Crippen LogP contribution in [-0.2, 0) is 17.6 Å². The molecule has 0 amide bonds. The van der Waals surface area contributed by atoms with E-state index >= 15 is 0 Å². The summed E-state index contributed by atoms with van der Waals surface area (Å²) in [4.78, 5) is 7.60. The number of fused-ring (bicyclic) bond motifs is 3. The molecule has 0 saturated carbocycles. The Bertz CT molecular complexity index is 870. The summed E-state index contributed by atoms with van der Waals surface area (Å²) in [5.74, 6) is 2.06. The van der Waals surface area contributed by atoms with Crippen LogP contribution in [0.2, 0.25) is 0 Å². The number of ether oxygens (including phenoxy) is 2. The van der Waals surface area contributed by atoms with Crippen LogP contribution >= 0.6 is 0 Å². The third-order valence-corrected chi connectivity index (χ3v) is 6.70. The fourth-order valence-corrected chi connectivity index (χ4v) is 5.09. The average molecular weight is 396 g/mol. The molecule has 1 atom stereocenters. The number of benzene rings is 1. The fraction of sp³-hybridized carbons (Fsp3) is 0.625. The topological polar surface area (TPSA) is 46.6 Å². The standard InChI is InChI=1S/C24H33N3O2/c1-17-14-21-19-6-4-7-20(19)24(25-18-8-13-28-16-18)26-22(21)15-23(17)29-12-5-11-27-9-2-3-10-27/h14-15,18H,2-13,16H2,1H3,(H,25,26)/t18-/m1/s1. The van der Waals surface area contributed by atoms with E-state index in [1.807, 2.05) is 0 Å². The molecule has 1 N–H and O–H groups in total. The number of aromatic nitrogens is 1. The van der Waals surface area contributed by atoms with E-state index in [1.54, 1.807) is 0 Å². The molecule has 2 aromatic rings. The molecule has 0 radical (unpaired) electrons. The van der Waals surface area contributed by atoms with Crippen LogP contribution in [0.5, 0.6) is 5.75 Å². The monoisotopic (exact) mass is 395 g/mol. The highest BCUT2D eigenvalue weighted by atomic mass is 16.5. The number of nitrogens with zero attached hydrogens (tertiary/aromatic N) is 2. The van der Waals surface area contributed by atoms with Crippen molar-refractivity contribution in [1.82, 2.24) is 9.88 Å². The van der Waals surface area contributed by atoms with Gasteiger partial charge in [0.25, 0.3) is 0 Å². The lowest BCUT2D eigenvalue weighted by Gasteiger charge is -2.18. The third-order valence-electron chi connectivity index (χ3n) is 6.70. The van der Waals surface area contributed by atoms with Crippen molar-refractivity contribution >= 4 is 16.7 Å². The Morgan fingerprint density at radius 1 is 1.17 bits per heavy atom. The van der Waals surface area contributed by atoms with E-state index in [9.17, 15) is 0 Å². The lowest BCUT2D eigenvalue weighted by molar-refractivity contribution is 0.195. The highest BCUT2D eigenvalue weighted by Crippen LogP contribution is 2.36. The summed E-state index contributed by atoms with van der Waals surface area (Å²) in [5.41, 5.74) is 5.19. The van der Waals surface area contributed by atoms with Gasteiger partial charge in [-0.05, 0) is 87.7 Å². The molecule has 156 valence electrons. The molecule has 29 heavy (non-hydrogen) atoms. The lowest BCUT2D eigenvalue weighted by atomic mass is 10.0. The zero-order valence-electron chi connectivity index (χ0n) is 17.6. The minimum absolute atomic E-state index is 0.386. The normalized spacial score (nSPS) is 21.8. The molecule has 0 bridgehead atoms. The number of rotatable bonds is 7. The number of hydrogen-bond donors (Lipinski definition) is 1. The first-order valence-electron chi connectivity index (χ1n) is 11.4. The van der Waals surface area contributed by atoms with Gasteiger partial charge in [0.1, 0.15) is 11.6 Å². The Balaban J connectivity index is 1.35. The summed E-state index contributed by atoms with van der Waals surface area (Å²) in [7, 11) is 0. The number of pyridine rings is 1. The third kappa shape index (κ3) is 4.08. The molecule has 2 aliphatic heterocycles. The van der Waals surface area contributed by atoms with Crippen molar-refractivity contribution in [3.05, 3.63) is 28.8 Å². The molecule has 2 fully saturated rings. The maximum Gasteiger partial charge on any atom is 0.130 e. The van der Waals surface area contributed by atoms with Crippen LogP contribution in [-0.4, -0.2) is 55.4 Å². The van der Waals surface area contributed by atoms with Gasteiger partial charge in [0.2, 0.25) is 0 Å². The summed E-state index contributed by atoms with van der Waals surface area (Å²) in [6.07, 6.45) is 8.35. The molecule has 1 aromatic heterocycles. The molecule has 5 nitrogen and oxygen atoms in total. The number of hydrogen-bond acceptors (Lipinski definition) is 5. The second-order valence-corrected chi connectivity index (χ2v) is 8.86. The first-order chi connectivity index (χ1) is 14.3. The Hall–Kier alpha value is -1.85. The summed E-state index contributed by atoms with van der Waals surface area (Å²) < 4.78 is 11.7. The maximum atomic E-state index is 6.19. The van der Waals surface area contributed by atoms with Crippen molar-refractivity contribution in [3.63, 3.8) is 0 Å². The molecule has 0 spiro atoms. The van der Waals surface area contributed by atoms with Gasteiger partial charge < -0.3 is 19.7 Å². The van der Waals surface area contributed by atoms with Crippen LogP contribution in [0.1, 0.15) is 48.8 Å². The van der Waals surface area contributed by atoms with Gasteiger partial charge in [-0.2, -0.15) is 0 Å². The van der Waals surface area contributed by atoms with Gasteiger partial charge in [0.15, 0.2) is 0 Å². The summed E-state index contributed by atoms with van der Waals surface area (Å²) in [5, 5.41) is 4.98. The summed E-state index contributed by atoms with van der Waals surface area (Å²) in [6.45, 7) is 8.24. The number of aryl methyl sites for hydroxylation is 2. The molecule has 1 aliphatic carbocycles. The van der Waals surface area contributed by atoms with Gasteiger partial charge in [-0.3, -0.25) is 0 Å². The van der Waals surface area contributed by atoms with E-state index in [2.05, 4.69) is 29.3 Å². The van der Waals surface area contributed by atoms with Crippen molar-refractivity contribution < 1.29 is 9.47 Å². The zero-order valence-corrected chi connectivity index (χ0v) is 17.6. The smallest absolute Gasteiger partial charge is 0.130 e. The van der Waals surface area contributed by atoms with Crippen LogP contribution < -0.4 is 10.1 Å². The van der Waals surface area contributed by atoms with Gasteiger partial charge in [0.05, 0.1) is 24.8 Å². The van der Waals surface area contributed by atoms with Crippen molar-refractivity contribution in [1.29, 1.82) is 0 Å². The van der Waals surface area contributed by atoms with Crippen molar-refractivity contribution in [2.45, 2.75) is 57.9 Å². The van der Waals surface area contributed by atoms with Crippen LogP contribution in [0.3, 0.4) is 0 Å². The highest BCUT2D eigenvalue weighted by molar-refractivity contribution is 5.88. The number of likely N-dealkylation sites (tertiary alicyclic amines) is 1. The van der Waals surface area contributed by atoms with Gasteiger partial charge in [-0.25, -0.2) is 4.98 Å². The summed E-state index contributed by atoms with van der Waals surface area (Å²) in [6, 6.07) is 4.84. The second-order valence-electron chi connectivity index (χ2n) is 8.86. The molecule has 3 heterocycles. The van der Waals surface area contributed by atoms with E-state index in [0.29, 0.717) is 6.04 Å². The van der Waals surface area contributed by atoms with Crippen LogP contribution in [0.15, 0.2) is 12.1 Å². The lowest BCUT2D eigenvalue weighted by Crippen LogP contribution is -2.22. The van der Waals surface area contributed by atoms with Crippen LogP contribution in [0.25, 0.3) is 10.9 Å². The maximum absolute atomic E-state index is 6.19. The van der Waals surface area contributed by atoms with Gasteiger partial charge >= 0.3 is 0 Å². The molecule has 2 saturated heterocycles. The van der Waals surface area contributed by atoms with Gasteiger partial charge in [-0.1, -0.05) is 0 Å². The van der Waals surface area contributed by atoms with Crippen LogP contribution in [0.4, 0.5) is 5.82 Å². The zero-order chi connectivity index (χ0) is 19.6. The van der Waals surface area contributed by atoms with E-state index in [4.69, 9.17) is 14.5 Å². The number of nitrogens with one attached hydrogen (secondary N) is 1. The SMILES string of the molecule is Cc1cc2c3c(c(N[C@@H]4CCOC4)nc2cc1OCCCN1CCCC1)CCC3. The van der Waals surface area contributed by atoms with E-state index < -0.39 is 0 Å². The van der Waals surface area contributed by atoms with Crippen molar-refractivity contribution in [3.8, 4) is 5.75 Å². The Kier molecular flexibility index (Phi) is 5.60. The van der Waals surface area contributed by atoms with Crippen molar-refractivity contribution in [2.24, 2.45) is 0 Å². The predicted molar refractivity (Wildman–Crippen MR) is 117 cm³/mol. The minimum atomic E-state index is 0.386. The van der Waals surface area contributed by atoms with E-state index in [-0.39, 0.29) is 0 Å². The molecule has 5 heteroatoms. The predicted octanol–water partition coefficient (Wildman–Crippen LogP) is 4.10. The average Bonchev–Trinajstić information content (AvgIpc) is 3.48. The highest BCUT2D eigenvalue weighted by Gasteiger charge is 2.24. The fourth-order valence-electron chi connectivity index (χ4n) is 5.09. The molecule has 5 rings (SSSR count). The Morgan fingerprint density at radius 3 is 2.86 bits per heavy atom. The van der Waals surface area contributed by atoms with Crippen LogP contribution in [0, 0.1) is 6.92 Å². The molecular weight excluding hydrogens is 362 g/mol.